The number of hydrogen-bond acceptors (Lipinski definition) is 4. The van der Waals surface area contributed by atoms with E-state index in [-0.39, 0.29) is 0 Å². The zero-order valence-corrected chi connectivity index (χ0v) is 12.4. The van der Waals surface area contributed by atoms with Crippen LogP contribution in [-0.2, 0) is 17.8 Å². The fourth-order valence-electron chi connectivity index (χ4n) is 2.02. The first-order valence-corrected chi connectivity index (χ1v) is 6.92. The third-order valence-electron chi connectivity index (χ3n) is 3.27. The Labute approximate surface area is 129 Å². The molecule has 0 aromatic heterocycles. The SMILES string of the molecule is COc1cccc2c1OC2.NC(Cc1ccccc1)C(=O)O. The molecule has 3 N–H and O–H groups in total. The molecule has 1 atom stereocenters. The van der Waals surface area contributed by atoms with E-state index >= 15 is 0 Å². The Hall–Kier alpha value is -2.53. The van der Waals surface area contributed by atoms with Crippen LogP contribution in [0.15, 0.2) is 48.5 Å². The number of carboxylic acid groups (broad SMARTS) is 1. The van der Waals surface area contributed by atoms with E-state index < -0.39 is 12.0 Å². The zero-order valence-electron chi connectivity index (χ0n) is 12.4. The Kier molecular flexibility index (Phi) is 5.38. The number of rotatable bonds is 4. The second-order valence-corrected chi connectivity index (χ2v) is 4.87. The molecule has 2 aromatic rings. The monoisotopic (exact) mass is 301 g/mol. The van der Waals surface area contributed by atoms with Gasteiger partial charge in [-0.2, -0.15) is 0 Å². The van der Waals surface area contributed by atoms with Crippen molar-refractivity contribution in [1.29, 1.82) is 0 Å². The van der Waals surface area contributed by atoms with E-state index in [0.29, 0.717) is 6.42 Å². The average Bonchev–Trinajstić information content (AvgIpc) is 2.49. The van der Waals surface area contributed by atoms with Gasteiger partial charge in [-0.1, -0.05) is 42.5 Å². The Bertz CT molecular complexity index is 628. The summed E-state index contributed by atoms with van der Waals surface area (Å²) in [5.74, 6) is 0.785. The number of hydrogen-bond donors (Lipinski definition) is 2. The predicted octanol–water partition coefficient (Wildman–Crippen LogP) is 2.23. The van der Waals surface area contributed by atoms with Gasteiger partial charge in [-0.25, -0.2) is 0 Å². The molecule has 0 bridgehead atoms. The Balaban J connectivity index is 0.000000162. The number of nitrogens with two attached hydrogens (primary N) is 1. The largest absolute Gasteiger partial charge is 0.493 e. The number of carbonyl (C=O) groups is 1. The number of carboxylic acids is 1. The highest BCUT2D eigenvalue weighted by Gasteiger charge is 2.18. The van der Waals surface area contributed by atoms with E-state index in [1.54, 1.807) is 7.11 Å². The standard InChI is InChI=1S/C9H11NO2.C8H8O2/c10-8(9(11)12)6-7-4-2-1-3-5-7;1-9-7-4-2-3-6-5-10-8(6)7/h1-5,8H,6,10H2,(H,11,12);2-4H,5H2,1H3. The number of ether oxygens (including phenoxy) is 2. The minimum absolute atomic E-state index is 0.385. The van der Waals surface area contributed by atoms with Crippen LogP contribution in [0, 0.1) is 0 Å². The van der Waals surface area contributed by atoms with E-state index in [2.05, 4.69) is 0 Å². The number of aliphatic carboxylic acids is 1. The fourth-order valence-corrected chi connectivity index (χ4v) is 2.02. The maximum atomic E-state index is 10.4. The van der Waals surface area contributed by atoms with Crippen LogP contribution in [-0.4, -0.2) is 24.2 Å². The molecule has 0 saturated carbocycles. The highest BCUT2D eigenvalue weighted by molar-refractivity contribution is 5.73. The van der Waals surface area contributed by atoms with Crippen LogP contribution in [0.4, 0.5) is 0 Å². The van der Waals surface area contributed by atoms with Gasteiger partial charge in [0, 0.05) is 5.56 Å². The van der Waals surface area contributed by atoms with Crippen molar-refractivity contribution in [3.8, 4) is 11.5 Å². The highest BCUT2D eigenvalue weighted by atomic mass is 16.5. The maximum absolute atomic E-state index is 10.4. The van der Waals surface area contributed by atoms with Gasteiger partial charge in [0.2, 0.25) is 0 Å². The molecule has 0 radical (unpaired) electrons. The molecule has 22 heavy (non-hydrogen) atoms. The minimum Gasteiger partial charge on any atom is -0.493 e. The van der Waals surface area contributed by atoms with Gasteiger partial charge in [0.25, 0.3) is 0 Å². The van der Waals surface area contributed by atoms with Gasteiger partial charge >= 0.3 is 5.97 Å². The summed E-state index contributed by atoms with van der Waals surface area (Å²) in [6.07, 6.45) is 0.385. The topological polar surface area (TPSA) is 81.8 Å². The Morgan fingerprint density at radius 2 is 2.00 bits per heavy atom. The molecule has 0 spiro atoms. The van der Waals surface area contributed by atoms with Gasteiger partial charge in [-0.15, -0.1) is 0 Å². The number of benzene rings is 2. The summed E-state index contributed by atoms with van der Waals surface area (Å²) in [7, 11) is 1.65. The van der Waals surface area contributed by atoms with Crippen LogP contribution in [0.5, 0.6) is 11.5 Å². The minimum atomic E-state index is -0.959. The van der Waals surface area contributed by atoms with Crippen molar-refractivity contribution in [3.05, 3.63) is 59.7 Å². The van der Waals surface area contributed by atoms with Crippen molar-refractivity contribution < 1.29 is 19.4 Å². The van der Waals surface area contributed by atoms with Gasteiger partial charge in [0.05, 0.1) is 7.11 Å². The quantitative estimate of drug-likeness (QED) is 0.905. The summed E-state index contributed by atoms with van der Waals surface area (Å²) >= 11 is 0. The first kappa shape index (κ1) is 15.9. The van der Waals surface area contributed by atoms with E-state index in [1.807, 2.05) is 48.5 Å². The molecular formula is C17H19NO4. The smallest absolute Gasteiger partial charge is 0.320 e. The molecule has 5 heteroatoms. The zero-order chi connectivity index (χ0) is 15.9. The van der Waals surface area contributed by atoms with Crippen LogP contribution < -0.4 is 15.2 Å². The summed E-state index contributed by atoms with van der Waals surface area (Å²) in [5.41, 5.74) is 7.54. The van der Waals surface area contributed by atoms with Crippen LogP contribution in [0.1, 0.15) is 11.1 Å². The molecule has 1 aliphatic rings. The third kappa shape index (κ3) is 3.99. The molecule has 116 valence electrons. The molecular weight excluding hydrogens is 282 g/mol. The number of methoxy groups -OCH3 is 1. The second-order valence-electron chi connectivity index (χ2n) is 4.87. The molecule has 0 aliphatic carbocycles. The summed E-state index contributed by atoms with van der Waals surface area (Å²) in [6, 6.07) is 14.5. The molecule has 3 rings (SSSR count). The second kappa shape index (κ2) is 7.47. The van der Waals surface area contributed by atoms with Crippen LogP contribution in [0.25, 0.3) is 0 Å². The Morgan fingerprint density at radius 3 is 2.50 bits per heavy atom. The van der Waals surface area contributed by atoms with Crippen LogP contribution >= 0.6 is 0 Å². The third-order valence-corrected chi connectivity index (χ3v) is 3.27. The Morgan fingerprint density at radius 1 is 1.27 bits per heavy atom. The molecule has 1 heterocycles. The lowest BCUT2D eigenvalue weighted by atomic mass is 10.1. The lowest BCUT2D eigenvalue weighted by Gasteiger charge is -2.21. The number of para-hydroxylation sites is 1. The molecule has 0 fully saturated rings. The van der Waals surface area contributed by atoms with Crippen molar-refractivity contribution in [1.82, 2.24) is 0 Å². The van der Waals surface area contributed by atoms with Crippen molar-refractivity contribution in [2.45, 2.75) is 19.1 Å². The normalized spacial score (nSPS) is 12.6. The lowest BCUT2D eigenvalue weighted by molar-refractivity contribution is -0.138. The summed E-state index contributed by atoms with van der Waals surface area (Å²) in [4.78, 5) is 10.4. The molecule has 0 amide bonds. The molecule has 2 aromatic carbocycles. The van der Waals surface area contributed by atoms with Gasteiger partial charge in [0.1, 0.15) is 12.6 Å². The summed E-state index contributed by atoms with van der Waals surface area (Å²) in [6.45, 7) is 0.729. The molecule has 0 saturated heterocycles. The van der Waals surface area contributed by atoms with Crippen molar-refractivity contribution in [3.63, 3.8) is 0 Å². The predicted molar refractivity (Wildman–Crippen MR) is 83.1 cm³/mol. The van der Waals surface area contributed by atoms with E-state index in [1.165, 1.54) is 5.56 Å². The van der Waals surface area contributed by atoms with E-state index in [4.69, 9.17) is 20.3 Å². The number of fused-ring (bicyclic) bond motifs is 1. The average molecular weight is 301 g/mol. The van der Waals surface area contributed by atoms with Gasteiger partial charge in [0.15, 0.2) is 11.5 Å². The van der Waals surface area contributed by atoms with E-state index in [0.717, 1.165) is 23.7 Å². The summed E-state index contributed by atoms with van der Waals surface area (Å²) in [5, 5.41) is 8.52. The van der Waals surface area contributed by atoms with Crippen molar-refractivity contribution in [2.24, 2.45) is 5.73 Å². The molecule has 1 aliphatic heterocycles. The lowest BCUT2D eigenvalue weighted by Crippen LogP contribution is -2.32. The first-order valence-electron chi connectivity index (χ1n) is 6.92. The van der Waals surface area contributed by atoms with Crippen LogP contribution in [0.2, 0.25) is 0 Å². The molecule has 5 nitrogen and oxygen atoms in total. The van der Waals surface area contributed by atoms with Gasteiger partial charge < -0.3 is 20.3 Å². The maximum Gasteiger partial charge on any atom is 0.320 e. The van der Waals surface area contributed by atoms with Gasteiger partial charge in [-0.3, -0.25) is 4.79 Å². The highest BCUT2D eigenvalue weighted by Crippen LogP contribution is 2.37. The van der Waals surface area contributed by atoms with Crippen LogP contribution in [0.3, 0.4) is 0 Å². The summed E-state index contributed by atoms with van der Waals surface area (Å²) < 4.78 is 10.2. The van der Waals surface area contributed by atoms with Crippen molar-refractivity contribution >= 4 is 5.97 Å². The van der Waals surface area contributed by atoms with Crippen molar-refractivity contribution in [2.75, 3.05) is 7.11 Å². The molecule has 1 unspecified atom stereocenters. The van der Waals surface area contributed by atoms with Gasteiger partial charge in [-0.05, 0) is 18.1 Å². The fraction of sp³-hybridized carbons (Fsp3) is 0.235. The van der Waals surface area contributed by atoms with E-state index in [9.17, 15) is 4.79 Å². The first-order chi connectivity index (χ1) is 10.6.